The molecule has 2 aromatic rings. The predicted octanol–water partition coefficient (Wildman–Crippen LogP) is 4.30. The molecule has 0 radical (unpaired) electrons. The maximum atomic E-state index is 11.2. The van der Waals surface area contributed by atoms with Gasteiger partial charge in [0, 0.05) is 31.1 Å². The molecule has 0 unspecified atom stereocenters. The molecule has 0 saturated heterocycles. The highest BCUT2D eigenvalue weighted by molar-refractivity contribution is 14.0. The molecule has 5 nitrogen and oxygen atoms in total. The van der Waals surface area contributed by atoms with E-state index in [0.29, 0.717) is 6.54 Å². The minimum Gasteiger partial charge on any atom is -0.357 e. The fraction of sp³-hybridized carbons (Fsp3) is 0.364. The van der Waals surface area contributed by atoms with Crippen molar-refractivity contribution in [3.05, 3.63) is 65.7 Å². The first-order valence-corrected chi connectivity index (χ1v) is 9.35. The van der Waals surface area contributed by atoms with Gasteiger partial charge in [-0.1, -0.05) is 56.3 Å². The van der Waals surface area contributed by atoms with E-state index < -0.39 is 0 Å². The zero-order chi connectivity index (χ0) is 19.7. The van der Waals surface area contributed by atoms with Crippen LogP contribution in [0.25, 0.3) is 0 Å². The third-order valence-electron chi connectivity index (χ3n) is 4.26. The van der Waals surface area contributed by atoms with E-state index in [1.54, 1.807) is 0 Å². The standard InChI is InChI=1S/C22H30N4O.HI/c1-5-23-21(25-16-22(3,4)19-11-7-6-8-12-19)24-15-18-10-9-13-20(14-18)26-17(2)27;/h6-14H,5,15-16H2,1-4H3,(H,26,27)(H2,23,24,25);1H. The van der Waals surface area contributed by atoms with Crippen molar-refractivity contribution in [3.8, 4) is 0 Å². The van der Waals surface area contributed by atoms with Gasteiger partial charge in [-0.3, -0.25) is 4.79 Å². The molecule has 2 rings (SSSR count). The lowest BCUT2D eigenvalue weighted by atomic mass is 9.85. The molecule has 0 fully saturated rings. The molecule has 0 aliphatic carbocycles. The quantitative estimate of drug-likeness (QED) is 0.306. The second kappa shape index (κ2) is 11.7. The number of halogens is 1. The molecule has 152 valence electrons. The van der Waals surface area contributed by atoms with E-state index in [4.69, 9.17) is 0 Å². The monoisotopic (exact) mass is 494 g/mol. The number of benzene rings is 2. The van der Waals surface area contributed by atoms with Gasteiger partial charge < -0.3 is 16.0 Å². The molecule has 0 saturated carbocycles. The van der Waals surface area contributed by atoms with E-state index in [-0.39, 0.29) is 35.3 Å². The normalized spacial score (nSPS) is 11.4. The maximum Gasteiger partial charge on any atom is 0.221 e. The number of rotatable bonds is 7. The summed E-state index contributed by atoms with van der Waals surface area (Å²) in [6, 6.07) is 18.2. The number of carbonyl (C=O) groups excluding carboxylic acids is 1. The van der Waals surface area contributed by atoms with E-state index in [2.05, 4.69) is 66.0 Å². The van der Waals surface area contributed by atoms with Crippen LogP contribution in [0.1, 0.15) is 38.8 Å². The van der Waals surface area contributed by atoms with Gasteiger partial charge in [0.2, 0.25) is 5.91 Å². The van der Waals surface area contributed by atoms with Crippen molar-refractivity contribution >= 4 is 41.5 Å². The number of amides is 1. The number of hydrogen-bond acceptors (Lipinski definition) is 2. The molecule has 0 aliphatic rings. The lowest BCUT2D eigenvalue weighted by Crippen LogP contribution is -2.43. The van der Waals surface area contributed by atoms with Crippen LogP contribution < -0.4 is 16.0 Å². The molecule has 3 N–H and O–H groups in total. The van der Waals surface area contributed by atoms with Gasteiger partial charge >= 0.3 is 0 Å². The lowest BCUT2D eigenvalue weighted by Gasteiger charge is -2.26. The first-order valence-electron chi connectivity index (χ1n) is 9.35. The predicted molar refractivity (Wildman–Crippen MR) is 128 cm³/mol. The molecule has 6 heteroatoms. The average molecular weight is 494 g/mol. The van der Waals surface area contributed by atoms with Crippen LogP contribution in [-0.2, 0) is 16.8 Å². The summed E-state index contributed by atoms with van der Waals surface area (Å²) in [5, 5.41) is 9.54. The zero-order valence-corrected chi connectivity index (χ0v) is 19.4. The number of hydrogen-bond donors (Lipinski definition) is 3. The Balaban J connectivity index is 0.00000392. The van der Waals surface area contributed by atoms with Gasteiger partial charge in [0.1, 0.15) is 0 Å². The molecule has 0 aliphatic heterocycles. The number of guanidine groups is 1. The molecule has 0 heterocycles. The number of aliphatic imine (C=N–C) groups is 1. The molecule has 28 heavy (non-hydrogen) atoms. The smallest absolute Gasteiger partial charge is 0.221 e. The molecule has 0 atom stereocenters. The van der Waals surface area contributed by atoms with Crippen LogP contribution in [0, 0.1) is 0 Å². The van der Waals surface area contributed by atoms with Gasteiger partial charge in [0.15, 0.2) is 5.96 Å². The third kappa shape index (κ3) is 7.88. The van der Waals surface area contributed by atoms with Crippen LogP contribution in [0.2, 0.25) is 0 Å². The van der Waals surface area contributed by atoms with E-state index in [0.717, 1.165) is 30.3 Å². The number of nitrogens with zero attached hydrogens (tertiary/aromatic N) is 1. The Morgan fingerprint density at radius 2 is 1.75 bits per heavy atom. The molecule has 1 amide bonds. The Hall–Kier alpha value is -2.09. The van der Waals surface area contributed by atoms with Crippen molar-refractivity contribution in [3.63, 3.8) is 0 Å². The molecule has 2 aromatic carbocycles. The van der Waals surface area contributed by atoms with Crippen molar-refractivity contribution in [2.45, 2.75) is 39.7 Å². The molecular weight excluding hydrogens is 463 g/mol. The highest BCUT2D eigenvalue weighted by Gasteiger charge is 2.20. The highest BCUT2D eigenvalue weighted by atomic mass is 127. The summed E-state index contributed by atoms with van der Waals surface area (Å²) in [7, 11) is 0. The summed E-state index contributed by atoms with van der Waals surface area (Å²) in [4.78, 5) is 15.9. The van der Waals surface area contributed by atoms with Crippen LogP contribution in [0.4, 0.5) is 5.69 Å². The first kappa shape index (κ1) is 23.9. The second-order valence-corrected chi connectivity index (χ2v) is 7.18. The summed E-state index contributed by atoms with van der Waals surface area (Å²) in [6.07, 6.45) is 0. The molecule has 0 spiro atoms. The minimum absolute atomic E-state index is 0. The Kier molecular flexibility index (Phi) is 9.99. The van der Waals surface area contributed by atoms with E-state index in [1.165, 1.54) is 12.5 Å². The van der Waals surface area contributed by atoms with Crippen molar-refractivity contribution in [1.82, 2.24) is 10.6 Å². The van der Waals surface area contributed by atoms with Gasteiger partial charge in [-0.2, -0.15) is 0 Å². The second-order valence-electron chi connectivity index (χ2n) is 7.18. The topological polar surface area (TPSA) is 65.5 Å². The van der Waals surface area contributed by atoms with Gasteiger partial charge in [-0.15, -0.1) is 24.0 Å². The van der Waals surface area contributed by atoms with Gasteiger partial charge in [-0.05, 0) is 30.2 Å². The number of carbonyl (C=O) groups is 1. The van der Waals surface area contributed by atoms with Crippen molar-refractivity contribution in [2.75, 3.05) is 18.4 Å². The van der Waals surface area contributed by atoms with E-state index in [1.807, 2.05) is 30.3 Å². The number of nitrogens with one attached hydrogen (secondary N) is 3. The summed E-state index contributed by atoms with van der Waals surface area (Å²) >= 11 is 0. The van der Waals surface area contributed by atoms with Crippen LogP contribution >= 0.6 is 24.0 Å². The Labute approximate surface area is 185 Å². The highest BCUT2D eigenvalue weighted by Crippen LogP contribution is 2.21. The maximum absolute atomic E-state index is 11.2. The fourth-order valence-electron chi connectivity index (χ4n) is 2.76. The van der Waals surface area contributed by atoms with Crippen molar-refractivity contribution < 1.29 is 4.79 Å². The van der Waals surface area contributed by atoms with E-state index in [9.17, 15) is 4.79 Å². The SMILES string of the molecule is CCNC(=NCc1cccc(NC(C)=O)c1)NCC(C)(C)c1ccccc1.I. The largest absolute Gasteiger partial charge is 0.357 e. The Morgan fingerprint density at radius 1 is 1.04 bits per heavy atom. The Bertz CT molecular complexity index is 775. The summed E-state index contributed by atoms with van der Waals surface area (Å²) in [5.74, 6) is 0.709. The lowest BCUT2D eigenvalue weighted by molar-refractivity contribution is -0.114. The van der Waals surface area contributed by atoms with Gasteiger partial charge in [-0.25, -0.2) is 4.99 Å². The van der Waals surface area contributed by atoms with Gasteiger partial charge in [0.05, 0.1) is 6.54 Å². The van der Waals surface area contributed by atoms with Crippen molar-refractivity contribution in [1.29, 1.82) is 0 Å². The summed E-state index contributed by atoms with van der Waals surface area (Å²) in [6.45, 7) is 10.1. The van der Waals surface area contributed by atoms with Gasteiger partial charge in [0.25, 0.3) is 0 Å². The van der Waals surface area contributed by atoms with E-state index >= 15 is 0 Å². The van der Waals surface area contributed by atoms with Crippen LogP contribution in [0.5, 0.6) is 0 Å². The fourth-order valence-corrected chi connectivity index (χ4v) is 2.76. The summed E-state index contributed by atoms with van der Waals surface area (Å²) < 4.78 is 0. The molecular formula is C22H31IN4O. The average Bonchev–Trinajstić information content (AvgIpc) is 2.64. The molecule has 0 bridgehead atoms. The third-order valence-corrected chi connectivity index (χ3v) is 4.26. The van der Waals surface area contributed by atoms with Crippen LogP contribution in [0.3, 0.4) is 0 Å². The number of anilines is 1. The minimum atomic E-state index is -0.0752. The van der Waals surface area contributed by atoms with Crippen LogP contribution in [0.15, 0.2) is 59.6 Å². The van der Waals surface area contributed by atoms with Crippen molar-refractivity contribution in [2.24, 2.45) is 4.99 Å². The first-order chi connectivity index (χ1) is 12.9. The molecule has 0 aromatic heterocycles. The van der Waals surface area contributed by atoms with Crippen LogP contribution in [-0.4, -0.2) is 25.0 Å². The Morgan fingerprint density at radius 3 is 2.39 bits per heavy atom. The summed E-state index contributed by atoms with van der Waals surface area (Å²) in [5.41, 5.74) is 3.11. The zero-order valence-electron chi connectivity index (χ0n) is 17.1.